The molecule has 0 N–H and O–H groups in total. The van der Waals surface area contributed by atoms with Gasteiger partial charge in [0, 0.05) is 25.7 Å². The van der Waals surface area contributed by atoms with Gasteiger partial charge in [0.25, 0.3) is 5.91 Å². The third kappa shape index (κ3) is 3.77. The van der Waals surface area contributed by atoms with Gasteiger partial charge in [0.2, 0.25) is 0 Å². The number of rotatable bonds is 2. The highest BCUT2D eigenvalue weighted by Crippen LogP contribution is 2.29. The molecule has 1 amide bonds. The van der Waals surface area contributed by atoms with Crippen LogP contribution in [0.3, 0.4) is 0 Å². The molecule has 2 fully saturated rings. The van der Waals surface area contributed by atoms with Gasteiger partial charge in [-0.25, -0.2) is 9.97 Å². The molecular weight excluding hydrogens is 325 g/mol. The molecule has 1 unspecified atom stereocenters. The molecule has 1 atom stereocenters. The Bertz CT molecular complexity index is 590. The van der Waals surface area contributed by atoms with Crippen molar-refractivity contribution in [3.8, 4) is 0 Å². The fourth-order valence-corrected chi connectivity index (χ4v) is 3.00. The van der Waals surface area contributed by atoms with Gasteiger partial charge in [0.15, 0.2) is 6.10 Å². The number of amides is 1. The van der Waals surface area contributed by atoms with Crippen molar-refractivity contribution in [2.24, 2.45) is 0 Å². The highest BCUT2D eigenvalue weighted by Gasteiger charge is 2.35. The van der Waals surface area contributed by atoms with Gasteiger partial charge < -0.3 is 14.5 Å². The number of alkyl halides is 3. The summed E-state index contributed by atoms with van der Waals surface area (Å²) < 4.78 is 43.9. The van der Waals surface area contributed by atoms with E-state index in [0.717, 1.165) is 31.7 Å². The van der Waals surface area contributed by atoms with E-state index in [9.17, 15) is 18.0 Å². The fraction of sp³-hybridized carbons (Fsp3) is 0.667. The summed E-state index contributed by atoms with van der Waals surface area (Å²) in [6.45, 7) is 2.28. The first-order chi connectivity index (χ1) is 11.4. The van der Waals surface area contributed by atoms with Crippen LogP contribution in [-0.4, -0.2) is 59.7 Å². The molecule has 6 nitrogen and oxygen atoms in total. The number of ether oxygens (including phenoxy) is 1. The first kappa shape index (κ1) is 16.9. The van der Waals surface area contributed by atoms with E-state index in [1.54, 1.807) is 9.80 Å². The first-order valence-electron chi connectivity index (χ1n) is 8.00. The summed E-state index contributed by atoms with van der Waals surface area (Å²) >= 11 is 0. The van der Waals surface area contributed by atoms with E-state index in [2.05, 4.69) is 9.97 Å². The molecule has 1 aromatic rings. The predicted octanol–water partition coefficient (Wildman–Crippen LogP) is 1.71. The summed E-state index contributed by atoms with van der Waals surface area (Å²) in [6, 6.07) is 0.910. The number of anilines is 1. The van der Waals surface area contributed by atoms with E-state index in [-0.39, 0.29) is 24.9 Å². The van der Waals surface area contributed by atoms with Crippen LogP contribution in [0.1, 0.15) is 25.0 Å². The molecule has 1 aromatic heterocycles. The lowest BCUT2D eigenvalue weighted by molar-refractivity contribution is -0.145. The summed E-state index contributed by atoms with van der Waals surface area (Å²) in [4.78, 5) is 23.1. The van der Waals surface area contributed by atoms with E-state index < -0.39 is 18.0 Å². The minimum absolute atomic E-state index is 0.0931. The number of hydrogen-bond acceptors (Lipinski definition) is 5. The highest BCUT2D eigenvalue weighted by molar-refractivity contribution is 5.82. The van der Waals surface area contributed by atoms with Crippen LogP contribution >= 0.6 is 0 Å². The average molecular weight is 344 g/mol. The SMILES string of the molecule is O=C(C1CN(c2cc(C(F)(F)F)ncn2)CCO1)N1CCCCC1. The summed E-state index contributed by atoms with van der Waals surface area (Å²) in [6.07, 6.45) is -1.22. The lowest BCUT2D eigenvalue weighted by Crippen LogP contribution is -2.52. The molecule has 0 aromatic carbocycles. The van der Waals surface area contributed by atoms with Crippen molar-refractivity contribution in [1.29, 1.82) is 0 Å². The van der Waals surface area contributed by atoms with Gasteiger partial charge in [0.05, 0.1) is 13.2 Å². The maximum absolute atomic E-state index is 12.8. The van der Waals surface area contributed by atoms with Crippen molar-refractivity contribution >= 4 is 11.7 Å². The molecule has 9 heteroatoms. The largest absolute Gasteiger partial charge is 0.433 e. The quantitative estimate of drug-likeness (QED) is 0.818. The van der Waals surface area contributed by atoms with Crippen molar-refractivity contribution < 1.29 is 22.7 Å². The third-order valence-electron chi connectivity index (χ3n) is 4.28. The molecule has 132 valence electrons. The lowest BCUT2D eigenvalue weighted by Gasteiger charge is -2.36. The number of aromatic nitrogens is 2. The maximum atomic E-state index is 12.8. The number of likely N-dealkylation sites (tertiary alicyclic amines) is 1. The van der Waals surface area contributed by atoms with Gasteiger partial charge in [-0.15, -0.1) is 0 Å². The minimum Gasteiger partial charge on any atom is -0.365 e. The van der Waals surface area contributed by atoms with Gasteiger partial charge in [-0.3, -0.25) is 4.79 Å². The Morgan fingerprint density at radius 2 is 1.92 bits per heavy atom. The number of carbonyl (C=O) groups excluding carboxylic acids is 1. The number of halogens is 3. The second kappa shape index (κ2) is 6.92. The summed E-state index contributed by atoms with van der Waals surface area (Å²) in [7, 11) is 0. The Labute approximate surface area is 137 Å². The number of carbonyl (C=O) groups is 1. The molecule has 0 aliphatic carbocycles. The van der Waals surface area contributed by atoms with Gasteiger partial charge in [-0.2, -0.15) is 13.2 Å². The molecule has 0 radical (unpaired) electrons. The molecular formula is C15H19F3N4O2. The van der Waals surface area contributed by atoms with Crippen molar-refractivity contribution in [2.75, 3.05) is 37.7 Å². The Morgan fingerprint density at radius 1 is 1.17 bits per heavy atom. The topological polar surface area (TPSA) is 58.6 Å². The molecule has 0 bridgehead atoms. The standard InChI is InChI=1S/C15H19F3N4O2/c16-15(17,18)12-8-13(20-10-19-12)22-6-7-24-11(9-22)14(23)21-4-2-1-3-5-21/h8,10-11H,1-7,9H2. The van der Waals surface area contributed by atoms with Gasteiger partial charge in [-0.05, 0) is 19.3 Å². The Morgan fingerprint density at radius 3 is 2.62 bits per heavy atom. The Balaban J connectivity index is 1.70. The van der Waals surface area contributed by atoms with E-state index >= 15 is 0 Å². The fourth-order valence-electron chi connectivity index (χ4n) is 3.00. The number of nitrogens with zero attached hydrogens (tertiary/aromatic N) is 4. The maximum Gasteiger partial charge on any atom is 0.433 e. The third-order valence-corrected chi connectivity index (χ3v) is 4.28. The molecule has 3 heterocycles. The van der Waals surface area contributed by atoms with Gasteiger partial charge in [0.1, 0.15) is 17.8 Å². The van der Waals surface area contributed by atoms with Crippen molar-refractivity contribution in [3.05, 3.63) is 18.1 Å². The van der Waals surface area contributed by atoms with E-state index in [1.165, 1.54) is 0 Å². The first-order valence-corrected chi connectivity index (χ1v) is 8.00. The average Bonchev–Trinajstić information content (AvgIpc) is 2.61. The molecule has 2 aliphatic heterocycles. The Kier molecular flexibility index (Phi) is 4.88. The van der Waals surface area contributed by atoms with Crippen molar-refractivity contribution in [1.82, 2.24) is 14.9 Å². The van der Waals surface area contributed by atoms with Crippen LogP contribution in [0.15, 0.2) is 12.4 Å². The van der Waals surface area contributed by atoms with E-state index in [0.29, 0.717) is 19.6 Å². The molecule has 24 heavy (non-hydrogen) atoms. The molecule has 3 rings (SSSR count). The summed E-state index contributed by atoms with van der Waals surface area (Å²) in [5.74, 6) is 0.0709. The molecule has 2 saturated heterocycles. The number of piperidine rings is 1. The second-order valence-corrected chi connectivity index (χ2v) is 5.95. The zero-order chi connectivity index (χ0) is 17.2. The Hall–Kier alpha value is -1.90. The second-order valence-electron chi connectivity index (χ2n) is 5.95. The minimum atomic E-state index is -4.52. The van der Waals surface area contributed by atoms with Crippen LogP contribution in [0.25, 0.3) is 0 Å². The van der Waals surface area contributed by atoms with Crippen LogP contribution in [-0.2, 0) is 15.7 Å². The van der Waals surface area contributed by atoms with Crippen molar-refractivity contribution in [3.63, 3.8) is 0 Å². The van der Waals surface area contributed by atoms with Crippen LogP contribution in [0.2, 0.25) is 0 Å². The normalized spacial score (nSPS) is 22.5. The van der Waals surface area contributed by atoms with Gasteiger partial charge >= 0.3 is 6.18 Å². The van der Waals surface area contributed by atoms with Gasteiger partial charge in [-0.1, -0.05) is 0 Å². The number of morpholine rings is 1. The van der Waals surface area contributed by atoms with Crippen LogP contribution in [0.4, 0.5) is 19.0 Å². The van der Waals surface area contributed by atoms with Crippen LogP contribution < -0.4 is 4.90 Å². The highest BCUT2D eigenvalue weighted by atomic mass is 19.4. The molecule has 0 saturated carbocycles. The monoisotopic (exact) mass is 344 g/mol. The number of hydrogen-bond donors (Lipinski definition) is 0. The zero-order valence-electron chi connectivity index (χ0n) is 13.1. The van der Waals surface area contributed by atoms with E-state index in [1.807, 2.05) is 0 Å². The van der Waals surface area contributed by atoms with E-state index in [4.69, 9.17) is 4.74 Å². The summed E-state index contributed by atoms with van der Waals surface area (Å²) in [5, 5.41) is 0. The lowest BCUT2D eigenvalue weighted by atomic mass is 10.1. The van der Waals surface area contributed by atoms with Crippen LogP contribution in [0, 0.1) is 0 Å². The smallest absolute Gasteiger partial charge is 0.365 e. The molecule has 0 spiro atoms. The summed E-state index contributed by atoms with van der Waals surface area (Å²) in [5.41, 5.74) is -0.988. The predicted molar refractivity (Wildman–Crippen MR) is 79.4 cm³/mol. The van der Waals surface area contributed by atoms with Crippen LogP contribution in [0.5, 0.6) is 0 Å². The van der Waals surface area contributed by atoms with Crippen molar-refractivity contribution in [2.45, 2.75) is 31.5 Å². The molecule has 2 aliphatic rings. The zero-order valence-corrected chi connectivity index (χ0v) is 13.1.